The van der Waals surface area contributed by atoms with E-state index in [1.807, 2.05) is 11.4 Å². The van der Waals surface area contributed by atoms with E-state index in [1.54, 1.807) is 7.05 Å². The second-order valence-corrected chi connectivity index (χ2v) is 8.48. The molecule has 130 valence electrons. The number of nitrogens with one attached hydrogen (secondary N) is 1. The van der Waals surface area contributed by atoms with Gasteiger partial charge in [-0.25, -0.2) is 4.98 Å². The van der Waals surface area contributed by atoms with Crippen molar-refractivity contribution in [2.24, 2.45) is 18.9 Å². The van der Waals surface area contributed by atoms with Crippen LogP contribution in [0.4, 0.5) is 0 Å². The minimum atomic E-state index is -0.0485. The van der Waals surface area contributed by atoms with Gasteiger partial charge in [0, 0.05) is 13.1 Å². The molecule has 1 N–H and O–H groups in total. The molecule has 0 spiro atoms. The smallest absolute Gasteiger partial charge is 0.271 e. The van der Waals surface area contributed by atoms with Gasteiger partial charge in [0.25, 0.3) is 5.56 Å². The Morgan fingerprint density at radius 3 is 3.04 bits per heavy atom. The fourth-order valence-electron chi connectivity index (χ4n) is 3.26. The Morgan fingerprint density at radius 2 is 2.25 bits per heavy atom. The van der Waals surface area contributed by atoms with Gasteiger partial charge in [-0.05, 0) is 29.7 Å². The third-order valence-electron chi connectivity index (χ3n) is 5.03. The Labute approximate surface area is 149 Å². The van der Waals surface area contributed by atoms with E-state index in [-0.39, 0.29) is 23.3 Å². The van der Waals surface area contributed by atoms with Crippen molar-refractivity contribution in [2.45, 2.75) is 44.3 Å². The molecule has 3 atom stereocenters. The maximum atomic E-state index is 12.3. The van der Waals surface area contributed by atoms with Gasteiger partial charge in [-0.2, -0.15) is 0 Å². The molecule has 2 heterocycles. The Balaban J connectivity index is 1.64. The number of hydrogen-bond acceptors (Lipinski definition) is 5. The fraction of sp³-hybridized carbons (Fsp3) is 0.588. The van der Waals surface area contributed by atoms with E-state index in [2.05, 4.69) is 24.1 Å². The number of aromatic nitrogens is 2. The van der Waals surface area contributed by atoms with Crippen LogP contribution in [0.2, 0.25) is 0 Å². The van der Waals surface area contributed by atoms with E-state index in [4.69, 9.17) is 0 Å². The van der Waals surface area contributed by atoms with Gasteiger partial charge in [-0.3, -0.25) is 14.2 Å². The Hall–Kier alpha value is -1.34. The van der Waals surface area contributed by atoms with Gasteiger partial charge in [-0.15, -0.1) is 11.3 Å². The van der Waals surface area contributed by atoms with Crippen molar-refractivity contribution in [3.63, 3.8) is 0 Å². The average molecular weight is 366 g/mol. The first-order valence-corrected chi connectivity index (χ1v) is 10.2. The van der Waals surface area contributed by atoms with E-state index in [1.165, 1.54) is 40.5 Å². The first-order valence-electron chi connectivity index (χ1n) is 8.33. The van der Waals surface area contributed by atoms with Gasteiger partial charge >= 0.3 is 0 Å². The lowest BCUT2D eigenvalue weighted by Crippen LogP contribution is -2.44. The summed E-state index contributed by atoms with van der Waals surface area (Å²) in [6, 6.07) is 2.11. The van der Waals surface area contributed by atoms with Crippen LogP contribution in [0.25, 0.3) is 10.2 Å². The minimum Gasteiger partial charge on any atom is -0.352 e. The summed E-state index contributed by atoms with van der Waals surface area (Å²) in [4.78, 5) is 29.1. The van der Waals surface area contributed by atoms with E-state index in [0.29, 0.717) is 27.2 Å². The van der Waals surface area contributed by atoms with Crippen molar-refractivity contribution >= 4 is 39.2 Å². The molecule has 2 aromatic heterocycles. The molecule has 1 saturated carbocycles. The van der Waals surface area contributed by atoms with E-state index < -0.39 is 0 Å². The number of nitrogens with zero attached hydrogens (tertiary/aromatic N) is 2. The summed E-state index contributed by atoms with van der Waals surface area (Å²) in [6.07, 6.45) is 3.48. The van der Waals surface area contributed by atoms with Crippen LogP contribution < -0.4 is 10.9 Å². The lowest BCUT2D eigenvalue weighted by Gasteiger charge is -2.34. The molecule has 5 nitrogen and oxygen atoms in total. The predicted octanol–water partition coefficient (Wildman–Crippen LogP) is 3.03. The lowest BCUT2D eigenvalue weighted by molar-refractivity contribution is -0.120. The van der Waals surface area contributed by atoms with Crippen LogP contribution in [0.3, 0.4) is 0 Å². The average Bonchev–Trinajstić information content (AvgIpc) is 3.02. The summed E-state index contributed by atoms with van der Waals surface area (Å²) in [6.45, 7) is 4.48. The first kappa shape index (κ1) is 17.5. The topological polar surface area (TPSA) is 64.0 Å². The number of hydrogen-bond donors (Lipinski definition) is 1. The molecule has 24 heavy (non-hydrogen) atoms. The summed E-state index contributed by atoms with van der Waals surface area (Å²) in [5.41, 5.74) is 0.661. The molecular formula is C17H23N3O2S2. The van der Waals surface area contributed by atoms with Crippen molar-refractivity contribution < 1.29 is 4.79 Å². The molecule has 1 aliphatic carbocycles. The van der Waals surface area contributed by atoms with Crippen LogP contribution in [0.5, 0.6) is 0 Å². The van der Waals surface area contributed by atoms with Crippen molar-refractivity contribution in [1.82, 2.24) is 14.9 Å². The number of carbonyl (C=O) groups is 1. The maximum absolute atomic E-state index is 12.3. The van der Waals surface area contributed by atoms with Crippen molar-refractivity contribution in [2.75, 3.05) is 5.75 Å². The quantitative estimate of drug-likeness (QED) is 0.668. The highest BCUT2D eigenvalue weighted by Crippen LogP contribution is 2.29. The molecule has 1 aliphatic rings. The van der Waals surface area contributed by atoms with Crippen LogP contribution in [0.15, 0.2) is 21.4 Å². The molecule has 0 radical (unpaired) electrons. The first-order chi connectivity index (χ1) is 11.5. The third-order valence-corrected chi connectivity index (χ3v) is 6.95. The number of thiophene rings is 1. The zero-order chi connectivity index (χ0) is 17.3. The second-order valence-electron chi connectivity index (χ2n) is 6.62. The summed E-state index contributed by atoms with van der Waals surface area (Å²) < 4.78 is 2.19. The molecule has 2 aromatic rings. The summed E-state index contributed by atoms with van der Waals surface area (Å²) in [7, 11) is 1.71. The predicted molar refractivity (Wildman–Crippen MR) is 99.7 cm³/mol. The van der Waals surface area contributed by atoms with Gasteiger partial charge in [0.2, 0.25) is 5.91 Å². The number of carbonyl (C=O) groups excluding carboxylic acids is 1. The SMILES string of the molecule is C[C@@H]1[C@H](C)CCC[C@@H]1NC(=O)CSc1nc2ccsc2c(=O)n1C. The Kier molecular flexibility index (Phi) is 5.30. The largest absolute Gasteiger partial charge is 0.352 e. The number of rotatable bonds is 4. The van der Waals surface area contributed by atoms with Crippen molar-refractivity contribution in [3.8, 4) is 0 Å². The molecule has 3 rings (SSSR count). The van der Waals surface area contributed by atoms with Gasteiger partial charge in [0.05, 0.1) is 11.3 Å². The normalized spacial score (nSPS) is 24.2. The van der Waals surface area contributed by atoms with Crippen LogP contribution in [0, 0.1) is 11.8 Å². The molecule has 0 bridgehead atoms. The molecular weight excluding hydrogens is 342 g/mol. The van der Waals surface area contributed by atoms with Gasteiger partial charge < -0.3 is 5.32 Å². The molecule has 0 unspecified atom stereocenters. The number of amides is 1. The zero-order valence-corrected chi connectivity index (χ0v) is 15.9. The highest BCUT2D eigenvalue weighted by atomic mass is 32.2. The zero-order valence-electron chi connectivity index (χ0n) is 14.2. The molecule has 7 heteroatoms. The number of fused-ring (bicyclic) bond motifs is 1. The summed E-state index contributed by atoms with van der Waals surface area (Å²) in [5, 5.41) is 5.62. The standard InChI is InChI=1S/C17H23N3O2S2/c1-10-5-4-6-12(11(10)2)18-14(21)9-24-17-19-13-7-8-23-15(13)16(22)20(17)3/h7-8,10-12H,4-6,9H2,1-3H3,(H,18,21)/t10-,11-,12+/m1/s1. The maximum Gasteiger partial charge on any atom is 0.271 e. The summed E-state index contributed by atoms with van der Waals surface area (Å²) >= 11 is 2.72. The van der Waals surface area contributed by atoms with Gasteiger partial charge in [-0.1, -0.05) is 38.5 Å². The monoisotopic (exact) mass is 365 g/mol. The van der Waals surface area contributed by atoms with Crippen molar-refractivity contribution in [1.29, 1.82) is 0 Å². The van der Waals surface area contributed by atoms with Crippen molar-refractivity contribution in [3.05, 3.63) is 21.8 Å². The molecule has 0 aliphatic heterocycles. The van der Waals surface area contributed by atoms with E-state index in [0.717, 1.165) is 6.42 Å². The van der Waals surface area contributed by atoms with E-state index in [9.17, 15) is 9.59 Å². The molecule has 1 fully saturated rings. The molecule has 1 amide bonds. The fourth-order valence-corrected chi connectivity index (χ4v) is 4.85. The highest BCUT2D eigenvalue weighted by molar-refractivity contribution is 7.99. The third kappa shape index (κ3) is 3.52. The van der Waals surface area contributed by atoms with Crippen LogP contribution in [0.1, 0.15) is 33.1 Å². The second kappa shape index (κ2) is 7.27. The highest BCUT2D eigenvalue weighted by Gasteiger charge is 2.28. The van der Waals surface area contributed by atoms with Crippen LogP contribution >= 0.6 is 23.1 Å². The number of thioether (sulfide) groups is 1. The Morgan fingerprint density at radius 1 is 1.46 bits per heavy atom. The Bertz CT molecular complexity index is 799. The minimum absolute atomic E-state index is 0.0191. The van der Waals surface area contributed by atoms with Crippen LogP contribution in [-0.4, -0.2) is 27.3 Å². The molecule has 0 saturated heterocycles. The lowest BCUT2D eigenvalue weighted by atomic mass is 9.78. The van der Waals surface area contributed by atoms with E-state index >= 15 is 0 Å². The summed E-state index contributed by atoms with van der Waals surface area (Å²) in [5.74, 6) is 1.47. The van der Waals surface area contributed by atoms with Crippen LogP contribution in [-0.2, 0) is 11.8 Å². The van der Waals surface area contributed by atoms with Gasteiger partial charge in [0.15, 0.2) is 5.16 Å². The molecule has 0 aromatic carbocycles. The van der Waals surface area contributed by atoms with Gasteiger partial charge in [0.1, 0.15) is 4.70 Å².